The van der Waals surface area contributed by atoms with Crippen LogP contribution < -0.4 is 16.4 Å². The number of hydrogen-bond donors (Lipinski definition) is 3. The number of para-hydroxylation sites is 1. The molecule has 10 nitrogen and oxygen atoms in total. The van der Waals surface area contributed by atoms with Gasteiger partial charge in [-0.1, -0.05) is 36.8 Å². The highest BCUT2D eigenvalue weighted by Crippen LogP contribution is 2.46. The van der Waals surface area contributed by atoms with E-state index in [9.17, 15) is 22.8 Å². The lowest BCUT2D eigenvalue weighted by Gasteiger charge is -2.38. The largest absolute Gasteiger partial charge is 0.401 e. The first-order valence-corrected chi connectivity index (χ1v) is 18.7. The van der Waals surface area contributed by atoms with Gasteiger partial charge in [0.1, 0.15) is 17.3 Å². The van der Waals surface area contributed by atoms with E-state index in [1.54, 1.807) is 32.3 Å². The molecule has 0 saturated carbocycles. The molecule has 2 fully saturated rings. The molecule has 278 valence electrons. The molecule has 1 aliphatic carbocycles. The number of imidazole rings is 1. The Balaban J connectivity index is 1.14. The van der Waals surface area contributed by atoms with Gasteiger partial charge in [-0.2, -0.15) is 13.2 Å². The Morgan fingerprint density at radius 1 is 1.08 bits per heavy atom. The van der Waals surface area contributed by atoms with Crippen LogP contribution in [-0.2, 0) is 17.8 Å². The maximum absolute atomic E-state index is 14.4. The Morgan fingerprint density at radius 3 is 2.58 bits per heavy atom. The van der Waals surface area contributed by atoms with Crippen molar-refractivity contribution in [2.24, 2.45) is 23.5 Å². The van der Waals surface area contributed by atoms with E-state index >= 15 is 0 Å². The number of alkyl halides is 3. The van der Waals surface area contributed by atoms with Crippen molar-refractivity contribution in [2.45, 2.75) is 83.5 Å². The van der Waals surface area contributed by atoms with Crippen molar-refractivity contribution in [3.8, 4) is 0 Å². The minimum atomic E-state index is -4.50. The van der Waals surface area contributed by atoms with E-state index in [1.807, 2.05) is 40.1 Å². The average molecular weight is 719 g/mol. The summed E-state index contributed by atoms with van der Waals surface area (Å²) in [5.74, 6) is -2.09. The van der Waals surface area contributed by atoms with Crippen LogP contribution in [-0.4, -0.2) is 81.2 Å². The molecule has 0 bridgehead atoms. The highest BCUT2D eigenvalue weighted by molar-refractivity contribution is 5.91. The van der Waals surface area contributed by atoms with Crippen LogP contribution >= 0.6 is 0 Å². The zero-order valence-corrected chi connectivity index (χ0v) is 30.0. The molecule has 1 aromatic carbocycles. The van der Waals surface area contributed by atoms with Crippen LogP contribution in [0.3, 0.4) is 0 Å². The van der Waals surface area contributed by atoms with Crippen molar-refractivity contribution in [1.82, 2.24) is 29.7 Å². The summed E-state index contributed by atoms with van der Waals surface area (Å²) in [6.45, 7) is 7.38. The molecular weight excluding hydrogens is 669 g/mol. The Morgan fingerprint density at radius 2 is 1.83 bits per heavy atom. The van der Waals surface area contributed by atoms with Gasteiger partial charge in [0.05, 0.1) is 11.7 Å². The number of carbonyl (C=O) groups is 2. The number of likely N-dealkylation sites (tertiary alicyclic amines) is 1. The van der Waals surface area contributed by atoms with Crippen LogP contribution in [0.15, 0.2) is 65.6 Å². The average Bonchev–Trinajstić information content (AvgIpc) is 3.39. The second-order valence-corrected chi connectivity index (χ2v) is 15.1. The number of fused-ring (bicyclic) bond motifs is 2. The van der Waals surface area contributed by atoms with E-state index in [2.05, 4.69) is 20.2 Å². The van der Waals surface area contributed by atoms with Crippen molar-refractivity contribution in [3.05, 3.63) is 77.0 Å². The summed E-state index contributed by atoms with van der Waals surface area (Å²) in [6, 6.07) is 9.67. The molecule has 0 spiro atoms. The van der Waals surface area contributed by atoms with Gasteiger partial charge >= 0.3 is 12.2 Å². The van der Waals surface area contributed by atoms with E-state index in [-0.39, 0.29) is 36.5 Å². The molecule has 3 unspecified atom stereocenters. The molecule has 4 aliphatic rings. The number of allylic oxidation sites excluding steroid dienone is 4. The number of nitrogens with one attached hydrogen (secondary N) is 2. The van der Waals surface area contributed by atoms with Crippen LogP contribution in [0.5, 0.6) is 0 Å². The predicted octanol–water partition coefficient (Wildman–Crippen LogP) is 6.36. The van der Waals surface area contributed by atoms with Crippen molar-refractivity contribution in [2.75, 3.05) is 38.0 Å². The summed E-state index contributed by atoms with van der Waals surface area (Å²) in [4.78, 5) is 40.6. The first-order chi connectivity index (χ1) is 25.0. The Hall–Kier alpha value is -4.39. The fraction of sp³-hybridized carbons (Fsp3) is 0.538. The van der Waals surface area contributed by atoms with Gasteiger partial charge in [0.25, 0.3) is 0 Å². The maximum atomic E-state index is 14.4. The number of amides is 3. The highest BCUT2D eigenvalue weighted by Gasteiger charge is 2.48. The summed E-state index contributed by atoms with van der Waals surface area (Å²) in [7, 11) is 0. The summed E-state index contributed by atoms with van der Waals surface area (Å²) >= 11 is 0. The third kappa shape index (κ3) is 7.42. The standard InChI is InChI=1S/C39H49F3N8O2/c1-24-19-28(25(2)35(36(24)43)39(40,41)42)20-29(37-46-32-22-45-15-9-33(32)50(37)23-26-7-13-44-14-8-26)21-34(51)48-16-11-30(12-17-48)49-18-10-27-5-3-4-6-31(27)47-38(49)52/h3-6,9,15,19,22,25-26,29-30,35,44H,7-8,10-14,16-18,20-21,23,43H2,1-2H3,(H,47,52). The zero-order valence-electron chi connectivity index (χ0n) is 30.0. The van der Waals surface area contributed by atoms with Crippen LogP contribution in [0, 0.1) is 17.8 Å². The number of piperidine rings is 2. The number of benzene rings is 1. The minimum absolute atomic E-state index is 0.00334. The van der Waals surface area contributed by atoms with Gasteiger partial charge in [-0.25, -0.2) is 9.78 Å². The van der Waals surface area contributed by atoms with E-state index in [4.69, 9.17) is 10.7 Å². The summed E-state index contributed by atoms with van der Waals surface area (Å²) < 4.78 is 45.4. The Bertz CT molecular complexity index is 1850. The highest BCUT2D eigenvalue weighted by atomic mass is 19.4. The number of aromatic nitrogens is 3. The molecule has 52 heavy (non-hydrogen) atoms. The van der Waals surface area contributed by atoms with Gasteiger partial charge in [0.15, 0.2) is 0 Å². The zero-order chi connectivity index (χ0) is 36.6. The molecule has 2 aromatic heterocycles. The van der Waals surface area contributed by atoms with E-state index in [1.165, 1.54) is 0 Å². The summed E-state index contributed by atoms with van der Waals surface area (Å²) in [5.41, 5.74) is 10.5. The minimum Gasteiger partial charge on any atom is -0.401 e. The third-order valence-corrected chi connectivity index (χ3v) is 11.8. The number of nitrogens with zero attached hydrogens (tertiary/aromatic N) is 5. The van der Waals surface area contributed by atoms with Gasteiger partial charge in [-0.3, -0.25) is 9.78 Å². The van der Waals surface area contributed by atoms with Crippen LogP contribution in [0.4, 0.5) is 23.7 Å². The molecule has 3 atom stereocenters. The smallest absolute Gasteiger partial charge is 0.397 e. The van der Waals surface area contributed by atoms with Crippen molar-refractivity contribution < 1.29 is 22.8 Å². The van der Waals surface area contributed by atoms with Crippen molar-refractivity contribution >= 4 is 28.7 Å². The molecular formula is C39H49F3N8O2. The maximum Gasteiger partial charge on any atom is 0.397 e. The van der Waals surface area contributed by atoms with Gasteiger partial charge in [-0.05, 0) is 93.6 Å². The summed E-state index contributed by atoms with van der Waals surface area (Å²) in [5, 5.41) is 6.48. The number of anilines is 1. The molecule has 4 N–H and O–H groups in total. The summed E-state index contributed by atoms with van der Waals surface area (Å²) in [6.07, 6.45) is 5.16. The number of pyridine rings is 1. The fourth-order valence-electron chi connectivity index (χ4n) is 8.80. The number of nitrogens with two attached hydrogens (primary N) is 1. The quantitative estimate of drug-likeness (QED) is 0.249. The van der Waals surface area contributed by atoms with Gasteiger partial charge in [0.2, 0.25) is 5.91 Å². The number of urea groups is 1. The van der Waals surface area contributed by atoms with Gasteiger partial charge < -0.3 is 30.7 Å². The fourth-order valence-corrected chi connectivity index (χ4v) is 8.80. The van der Waals surface area contributed by atoms with Crippen LogP contribution in [0.1, 0.15) is 69.7 Å². The number of hydrogen-bond acceptors (Lipinski definition) is 6. The number of carbonyl (C=O) groups excluding carboxylic acids is 2. The first kappa shape index (κ1) is 36.0. The predicted molar refractivity (Wildman–Crippen MR) is 194 cm³/mol. The molecule has 3 aromatic rings. The monoisotopic (exact) mass is 718 g/mol. The van der Waals surface area contributed by atoms with Crippen LogP contribution in [0.2, 0.25) is 0 Å². The van der Waals surface area contributed by atoms with E-state index in [0.29, 0.717) is 67.4 Å². The van der Waals surface area contributed by atoms with Crippen molar-refractivity contribution in [1.29, 1.82) is 0 Å². The molecule has 5 heterocycles. The van der Waals surface area contributed by atoms with Gasteiger partial charge in [-0.15, -0.1) is 0 Å². The molecule has 2 saturated heterocycles. The number of halogens is 3. The molecule has 3 amide bonds. The van der Waals surface area contributed by atoms with Crippen molar-refractivity contribution in [3.63, 3.8) is 0 Å². The van der Waals surface area contributed by atoms with Crippen LogP contribution in [0.25, 0.3) is 11.0 Å². The molecule has 0 radical (unpaired) electrons. The molecule has 13 heteroatoms. The number of rotatable bonds is 8. The second-order valence-electron chi connectivity index (χ2n) is 15.1. The Labute approximate surface area is 302 Å². The molecule has 3 aliphatic heterocycles. The lowest BCUT2D eigenvalue weighted by molar-refractivity contribution is -0.174. The van der Waals surface area contributed by atoms with E-state index in [0.717, 1.165) is 49.1 Å². The van der Waals surface area contributed by atoms with E-state index < -0.39 is 23.9 Å². The molecule has 7 rings (SSSR count). The lowest BCUT2D eigenvalue weighted by Crippen LogP contribution is -2.50. The Kier molecular flexibility index (Phi) is 10.3. The first-order valence-electron chi connectivity index (χ1n) is 18.7. The topological polar surface area (TPSA) is 121 Å². The normalized spacial score (nSPS) is 22.9. The lowest BCUT2D eigenvalue weighted by atomic mass is 9.75. The third-order valence-electron chi connectivity index (χ3n) is 11.8. The SMILES string of the molecule is CC1=C(N)C(C(F)(F)F)C(C)C(CC(CC(=O)N2CCC(N3CCc4ccccc4NC3=O)CC2)c2nc3cnccc3n2CC2CCNCC2)=C1. The second kappa shape index (κ2) is 14.9. The van der Waals surface area contributed by atoms with Gasteiger partial charge in [0, 0.05) is 62.1 Å².